The highest BCUT2D eigenvalue weighted by atomic mass is 16.2. The van der Waals surface area contributed by atoms with Crippen LogP contribution < -0.4 is 21.3 Å². The lowest BCUT2D eigenvalue weighted by Crippen LogP contribution is -2.50. The fourth-order valence-electron chi connectivity index (χ4n) is 4.88. The normalized spacial score (nSPS) is 16.4. The molecule has 0 bridgehead atoms. The summed E-state index contributed by atoms with van der Waals surface area (Å²) >= 11 is 0. The van der Waals surface area contributed by atoms with E-state index in [2.05, 4.69) is 0 Å². The molecular weight excluding hydrogens is 562 g/mol. The first kappa shape index (κ1) is 34.2. The van der Waals surface area contributed by atoms with Gasteiger partial charge in [0.1, 0.15) is 26.2 Å². The quantitative estimate of drug-likeness (QED) is 0.387. The molecule has 2 aromatic rings. The van der Waals surface area contributed by atoms with Gasteiger partial charge in [-0.1, -0.05) is 49.7 Å². The summed E-state index contributed by atoms with van der Waals surface area (Å²) in [4.78, 5) is 75.8. The molecule has 0 aliphatic carbocycles. The number of nitrogens with two attached hydrogens (primary N) is 2. The van der Waals surface area contributed by atoms with Gasteiger partial charge < -0.3 is 36.0 Å². The van der Waals surface area contributed by atoms with Gasteiger partial charge in [0, 0.05) is 31.0 Å². The molecule has 0 unspecified atom stereocenters. The molecule has 12 heteroatoms. The minimum Gasteiger partial charge on any atom is -0.332 e. The fourth-order valence-corrected chi connectivity index (χ4v) is 4.88. The summed E-state index contributed by atoms with van der Waals surface area (Å²) in [5, 5.41) is 0. The summed E-state index contributed by atoms with van der Waals surface area (Å²) in [6.45, 7) is 1.79. The molecule has 238 valence electrons. The standard InChI is InChI=1S/C32H45N7O5/c1-2-3-18-35-22-31(43)39(27-14-8-5-9-15-27)25-30(42)36(19-10-16-33)21-28(40)37(20-11-17-34)23-32(44)38(24-29(35)41)26-12-6-4-7-13-26/h4-9,12-15H,2-3,10-11,16-25,33-34H2,1H3. The Morgan fingerprint density at radius 3 is 1.20 bits per heavy atom. The summed E-state index contributed by atoms with van der Waals surface area (Å²) in [6, 6.07) is 17.5. The molecule has 0 aromatic heterocycles. The van der Waals surface area contributed by atoms with E-state index in [0.29, 0.717) is 50.3 Å². The molecule has 2 aromatic carbocycles. The van der Waals surface area contributed by atoms with Crippen LogP contribution in [0.5, 0.6) is 0 Å². The minimum atomic E-state index is -0.461. The Balaban J connectivity index is 2.09. The molecule has 0 saturated carbocycles. The number of carbonyl (C=O) groups excluding carboxylic acids is 5. The third-order valence-electron chi connectivity index (χ3n) is 7.41. The van der Waals surface area contributed by atoms with Crippen molar-refractivity contribution in [2.45, 2.75) is 32.6 Å². The van der Waals surface area contributed by atoms with E-state index in [-0.39, 0.29) is 45.8 Å². The van der Waals surface area contributed by atoms with Crippen LogP contribution in [0.4, 0.5) is 11.4 Å². The van der Waals surface area contributed by atoms with Crippen LogP contribution in [-0.2, 0) is 24.0 Å². The van der Waals surface area contributed by atoms with Crippen molar-refractivity contribution in [1.82, 2.24) is 14.7 Å². The smallest absolute Gasteiger partial charge is 0.247 e. The molecule has 4 N–H and O–H groups in total. The van der Waals surface area contributed by atoms with E-state index < -0.39 is 29.5 Å². The lowest BCUT2D eigenvalue weighted by Gasteiger charge is -2.30. The number of amides is 5. The molecule has 0 atom stereocenters. The second-order valence-electron chi connectivity index (χ2n) is 10.7. The molecule has 0 spiro atoms. The Bertz CT molecular complexity index is 1200. The number of unbranched alkanes of at least 4 members (excludes halogenated alkanes) is 1. The van der Waals surface area contributed by atoms with E-state index in [9.17, 15) is 24.0 Å². The van der Waals surface area contributed by atoms with E-state index in [1.54, 1.807) is 60.7 Å². The van der Waals surface area contributed by atoms with Crippen molar-refractivity contribution in [3.05, 3.63) is 60.7 Å². The Hall–Kier alpha value is -4.29. The maximum atomic E-state index is 13.9. The molecular formula is C32H45N7O5. The van der Waals surface area contributed by atoms with Crippen molar-refractivity contribution < 1.29 is 24.0 Å². The highest BCUT2D eigenvalue weighted by molar-refractivity contribution is 6.04. The monoisotopic (exact) mass is 607 g/mol. The first-order valence-electron chi connectivity index (χ1n) is 15.2. The van der Waals surface area contributed by atoms with Crippen molar-refractivity contribution in [3.63, 3.8) is 0 Å². The van der Waals surface area contributed by atoms with Gasteiger partial charge in [0.25, 0.3) is 0 Å². The summed E-state index contributed by atoms with van der Waals surface area (Å²) < 4.78 is 0. The minimum absolute atomic E-state index is 0.202. The molecule has 1 aliphatic heterocycles. The predicted octanol–water partition coefficient (Wildman–Crippen LogP) is 1.05. The largest absolute Gasteiger partial charge is 0.332 e. The van der Waals surface area contributed by atoms with E-state index in [1.807, 2.05) is 6.92 Å². The van der Waals surface area contributed by atoms with Gasteiger partial charge in [0.2, 0.25) is 29.5 Å². The molecule has 44 heavy (non-hydrogen) atoms. The van der Waals surface area contributed by atoms with Gasteiger partial charge in [-0.3, -0.25) is 24.0 Å². The molecule has 1 fully saturated rings. The van der Waals surface area contributed by atoms with Gasteiger partial charge >= 0.3 is 0 Å². The fraction of sp³-hybridized carbons (Fsp3) is 0.469. The van der Waals surface area contributed by atoms with Crippen molar-refractivity contribution in [3.8, 4) is 0 Å². The Morgan fingerprint density at radius 2 is 0.841 bits per heavy atom. The topological polar surface area (TPSA) is 154 Å². The van der Waals surface area contributed by atoms with Gasteiger partial charge in [-0.05, 0) is 56.6 Å². The average Bonchev–Trinajstić information content (AvgIpc) is 3.04. The summed E-state index contributed by atoms with van der Waals surface area (Å²) in [6.07, 6.45) is 2.33. The third-order valence-corrected chi connectivity index (χ3v) is 7.41. The number of nitrogens with zero attached hydrogens (tertiary/aromatic N) is 5. The van der Waals surface area contributed by atoms with Crippen molar-refractivity contribution in [2.24, 2.45) is 11.5 Å². The van der Waals surface area contributed by atoms with Crippen molar-refractivity contribution in [2.75, 3.05) is 75.2 Å². The zero-order valence-corrected chi connectivity index (χ0v) is 25.6. The molecule has 1 aliphatic rings. The number of rotatable bonds is 11. The first-order chi connectivity index (χ1) is 21.3. The van der Waals surface area contributed by atoms with Crippen LogP contribution in [0.3, 0.4) is 0 Å². The number of anilines is 2. The van der Waals surface area contributed by atoms with Gasteiger partial charge in [0.05, 0.1) is 6.54 Å². The Morgan fingerprint density at radius 1 is 0.500 bits per heavy atom. The number of hydrogen-bond acceptors (Lipinski definition) is 7. The predicted molar refractivity (Wildman–Crippen MR) is 170 cm³/mol. The zero-order valence-electron chi connectivity index (χ0n) is 25.6. The maximum Gasteiger partial charge on any atom is 0.247 e. The lowest BCUT2D eigenvalue weighted by molar-refractivity contribution is -0.141. The molecule has 12 nitrogen and oxygen atoms in total. The second kappa shape index (κ2) is 17.7. The first-order valence-corrected chi connectivity index (χ1v) is 15.2. The lowest BCUT2D eigenvalue weighted by atomic mass is 10.2. The Labute approximate surface area is 259 Å². The van der Waals surface area contributed by atoms with Gasteiger partial charge in [-0.25, -0.2) is 0 Å². The van der Waals surface area contributed by atoms with Gasteiger partial charge in [-0.15, -0.1) is 0 Å². The highest BCUT2D eigenvalue weighted by Gasteiger charge is 2.31. The molecule has 5 amide bonds. The summed E-state index contributed by atoms with van der Waals surface area (Å²) in [7, 11) is 0. The van der Waals surface area contributed by atoms with Crippen LogP contribution in [0, 0.1) is 0 Å². The van der Waals surface area contributed by atoms with Crippen LogP contribution >= 0.6 is 0 Å². The number of carbonyl (C=O) groups is 5. The Kier molecular flexibility index (Phi) is 13.8. The summed E-state index contributed by atoms with van der Waals surface area (Å²) in [5.74, 6) is -2.20. The SMILES string of the molecule is CCCCN1CC(=O)N(c2ccccc2)CC(=O)N(CCCN)CC(=O)N(CCCN)CC(=O)N(c2ccccc2)CC1=O. The van der Waals surface area contributed by atoms with E-state index in [4.69, 9.17) is 11.5 Å². The van der Waals surface area contributed by atoms with Crippen LogP contribution in [0.15, 0.2) is 60.7 Å². The third kappa shape index (κ3) is 9.88. The zero-order chi connectivity index (χ0) is 31.9. The average molecular weight is 608 g/mol. The number of hydrogen-bond donors (Lipinski definition) is 2. The van der Waals surface area contributed by atoms with E-state index >= 15 is 0 Å². The van der Waals surface area contributed by atoms with Crippen LogP contribution in [0.1, 0.15) is 32.6 Å². The highest BCUT2D eigenvalue weighted by Crippen LogP contribution is 2.18. The molecule has 3 rings (SSSR count). The molecule has 1 saturated heterocycles. The number of para-hydroxylation sites is 2. The maximum absolute atomic E-state index is 13.9. The summed E-state index contributed by atoms with van der Waals surface area (Å²) in [5.41, 5.74) is 12.5. The second-order valence-corrected chi connectivity index (χ2v) is 10.7. The van der Waals surface area contributed by atoms with E-state index in [1.165, 1.54) is 24.5 Å². The molecule has 0 radical (unpaired) electrons. The molecule has 1 heterocycles. The van der Waals surface area contributed by atoms with E-state index in [0.717, 1.165) is 6.42 Å². The van der Waals surface area contributed by atoms with Crippen LogP contribution in [-0.4, -0.2) is 110 Å². The van der Waals surface area contributed by atoms with Crippen LogP contribution in [0.25, 0.3) is 0 Å². The number of benzene rings is 2. The van der Waals surface area contributed by atoms with Crippen molar-refractivity contribution >= 4 is 40.9 Å². The van der Waals surface area contributed by atoms with Gasteiger partial charge in [-0.2, -0.15) is 0 Å². The van der Waals surface area contributed by atoms with Gasteiger partial charge in [0.15, 0.2) is 0 Å². The van der Waals surface area contributed by atoms with Crippen molar-refractivity contribution in [1.29, 1.82) is 0 Å². The van der Waals surface area contributed by atoms with Crippen LogP contribution in [0.2, 0.25) is 0 Å².